The zero-order valence-electron chi connectivity index (χ0n) is 11.7. The van der Waals surface area contributed by atoms with Crippen LogP contribution in [0.2, 0.25) is 0 Å². The maximum absolute atomic E-state index is 12.1. The Kier molecular flexibility index (Phi) is 4.64. The van der Waals surface area contributed by atoms with Crippen molar-refractivity contribution in [2.75, 3.05) is 7.05 Å². The van der Waals surface area contributed by atoms with Crippen LogP contribution in [0, 0.1) is 0 Å². The van der Waals surface area contributed by atoms with Gasteiger partial charge < -0.3 is 15.2 Å². The van der Waals surface area contributed by atoms with Gasteiger partial charge in [-0.15, -0.1) is 0 Å². The summed E-state index contributed by atoms with van der Waals surface area (Å²) in [5.74, 6) is -0.557. The van der Waals surface area contributed by atoms with Crippen molar-refractivity contribution in [3.63, 3.8) is 0 Å². The van der Waals surface area contributed by atoms with E-state index < -0.39 is 11.9 Å². The number of hydrogen-bond donors (Lipinski definition) is 2. The lowest BCUT2D eigenvalue weighted by atomic mass is 10.2. The van der Waals surface area contributed by atoms with E-state index in [-0.39, 0.29) is 24.2 Å². The van der Waals surface area contributed by atoms with Gasteiger partial charge in [0, 0.05) is 19.4 Å². The van der Waals surface area contributed by atoms with E-state index in [4.69, 9.17) is 4.52 Å². The Morgan fingerprint density at radius 3 is 2.90 bits per heavy atom. The third kappa shape index (κ3) is 3.44. The summed E-state index contributed by atoms with van der Waals surface area (Å²) in [6.45, 7) is 1.95. The van der Waals surface area contributed by atoms with Gasteiger partial charge in [0.25, 0.3) is 11.7 Å². The lowest BCUT2D eigenvalue weighted by molar-refractivity contribution is -0.125. The molecule has 0 saturated carbocycles. The summed E-state index contributed by atoms with van der Waals surface area (Å²) in [7, 11) is 1.47. The SMILES string of the molecule is CCC(C(=O)NCc1nc(C(=O)NC)no1)n1cccn1. The van der Waals surface area contributed by atoms with Crippen molar-refractivity contribution in [3.8, 4) is 0 Å². The van der Waals surface area contributed by atoms with Crippen molar-refractivity contribution in [2.24, 2.45) is 0 Å². The summed E-state index contributed by atoms with van der Waals surface area (Å²) in [5, 5.41) is 12.6. The molecule has 0 fully saturated rings. The zero-order chi connectivity index (χ0) is 15.2. The van der Waals surface area contributed by atoms with Crippen LogP contribution in [0.25, 0.3) is 0 Å². The van der Waals surface area contributed by atoms with Crippen molar-refractivity contribution in [1.82, 2.24) is 30.6 Å². The second-order valence-corrected chi connectivity index (χ2v) is 4.22. The zero-order valence-corrected chi connectivity index (χ0v) is 11.7. The van der Waals surface area contributed by atoms with Crippen LogP contribution in [0.15, 0.2) is 23.0 Å². The summed E-state index contributed by atoms with van der Waals surface area (Å²) in [4.78, 5) is 27.3. The van der Waals surface area contributed by atoms with Crippen molar-refractivity contribution in [2.45, 2.75) is 25.9 Å². The molecule has 2 rings (SSSR count). The first-order valence-electron chi connectivity index (χ1n) is 6.47. The molecule has 0 radical (unpaired) electrons. The van der Waals surface area contributed by atoms with Crippen LogP contribution in [0.5, 0.6) is 0 Å². The molecule has 21 heavy (non-hydrogen) atoms. The van der Waals surface area contributed by atoms with Gasteiger partial charge in [-0.1, -0.05) is 12.1 Å². The van der Waals surface area contributed by atoms with E-state index in [2.05, 4.69) is 25.9 Å². The average Bonchev–Trinajstić information content (AvgIpc) is 3.16. The predicted octanol–water partition coefficient (Wildman–Crippen LogP) is -0.107. The van der Waals surface area contributed by atoms with Gasteiger partial charge in [-0.25, -0.2) is 0 Å². The van der Waals surface area contributed by atoms with Crippen LogP contribution < -0.4 is 10.6 Å². The number of rotatable bonds is 6. The monoisotopic (exact) mass is 292 g/mol. The summed E-state index contributed by atoms with van der Waals surface area (Å²) < 4.78 is 6.47. The van der Waals surface area contributed by atoms with Gasteiger partial charge in [-0.05, 0) is 12.5 Å². The van der Waals surface area contributed by atoms with E-state index in [0.29, 0.717) is 6.42 Å². The molecule has 1 unspecified atom stereocenters. The molecular formula is C12H16N6O3. The van der Waals surface area contributed by atoms with Gasteiger partial charge in [0.1, 0.15) is 6.04 Å². The highest BCUT2D eigenvalue weighted by atomic mass is 16.5. The Hall–Kier alpha value is -2.71. The third-order valence-corrected chi connectivity index (χ3v) is 2.85. The van der Waals surface area contributed by atoms with Crippen LogP contribution in [-0.2, 0) is 11.3 Å². The summed E-state index contributed by atoms with van der Waals surface area (Å²) >= 11 is 0. The Balaban J connectivity index is 1.94. The van der Waals surface area contributed by atoms with Gasteiger partial charge >= 0.3 is 0 Å². The topological polar surface area (TPSA) is 115 Å². The van der Waals surface area contributed by atoms with Crippen LogP contribution in [-0.4, -0.2) is 38.8 Å². The molecule has 0 saturated heterocycles. The van der Waals surface area contributed by atoms with E-state index in [9.17, 15) is 9.59 Å². The molecule has 2 heterocycles. The first-order chi connectivity index (χ1) is 10.2. The number of nitrogens with one attached hydrogen (secondary N) is 2. The van der Waals surface area contributed by atoms with E-state index in [1.54, 1.807) is 23.1 Å². The highest BCUT2D eigenvalue weighted by Crippen LogP contribution is 2.09. The van der Waals surface area contributed by atoms with Gasteiger partial charge in [0.05, 0.1) is 6.54 Å². The van der Waals surface area contributed by atoms with E-state index in [0.717, 1.165) is 0 Å². The van der Waals surface area contributed by atoms with Gasteiger partial charge in [-0.3, -0.25) is 14.3 Å². The first kappa shape index (κ1) is 14.7. The molecule has 0 aromatic carbocycles. The van der Waals surface area contributed by atoms with Gasteiger partial charge in [0.15, 0.2) is 0 Å². The smallest absolute Gasteiger partial charge is 0.292 e. The minimum Gasteiger partial charge on any atom is -0.352 e. The predicted molar refractivity (Wildman–Crippen MR) is 71.1 cm³/mol. The molecule has 9 heteroatoms. The molecular weight excluding hydrogens is 276 g/mol. The van der Waals surface area contributed by atoms with E-state index in [1.807, 2.05) is 6.92 Å². The van der Waals surface area contributed by atoms with Crippen LogP contribution in [0.3, 0.4) is 0 Å². The van der Waals surface area contributed by atoms with Crippen LogP contribution in [0.4, 0.5) is 0 Å². The molecule has 0 aliphatic heterocycles. The molecule has 0 bridgehead atoms. The van der Waals surface area contributed by atoms with E-state index >= 15 is 0 Å². The van der Waals surface area contributed by atoms with Crippen molar-refractivity contribution >= 4 is 11.8 Å². The Morgan fingerprint density at radius 2 is 2.29 bits per heavy atom. The van der Waals surface area contributed by atoms with Crippen LogP contribution in [0.1, 0.15) is 35.9 Å². The lowest BCUT2D eigenvalue weighted by Gasteiger charge is -2.14. The highest BCUT2D eigenvalue weighted by molar-refractivity contribution is 5.89. The second-order valence-electron chi connectivity index (χ2n) is 4.22. The third-order valence-electron chi connectivity index (χ3n) is 2.85. The molecule has 112 valence electrons. The first-order valence-corrected chi connectivity index (χ1v) is 6.47. The number of hydrogen-bond acceptors (Lipinski definition) is 6. The fraction of sp³-hybridized carbons (Fsp3) is 0.417. The van der Waals surface area contributed by atoms with Crippen molar-refractivity contribution < 1.29 is 14.1 Å². The lowest BCUT2D eigenvalue weighted by Crippen LogP contribution is -2.32. The van der Waals surface area contributed by atoms with Crippen molar-refractivity contribution in [1.29, 1.82) is 0 Å². The maximum Gasteiger partial charge on any atom is 0.292 e. The normalized spacial score (nSPS) is 11.9. The number of amides is 2. The molecule has 0 aliphatic rings. The molecule has 0 aliphatic carbocycles. The average molecular weight is 292 g/mol. The van der Waals surface area contributed by atoms with Crippen LogP contribution >= 0.6 is 0 Å². The molecule has 0 spiro atoms. The van der Waals surface area contributed by atoms with E-state index in [1.165, 1.54) is 7.05 Å². The number of nitrogens with zero attached hydrogens (tertiary/aromatic N) is 4. The quantitative estimate of drug-likeness (QED) is 0.768. The number of aromatic nitrogens is 4. The molecule has 1 atom stereocenters. The molecule has 9 nitrogen and oxygen atoms in total. The minimum absolute atomic E-state index is 0.0561. The standard InChI is InChI=1S/C12H16N6O3/c1-3-8(18-6-4-5-15-18)11(19)14-7-9-16-10(17-21-9)12(20)13-2/h4-6,8H,3,7H2,1-2H3,(H,13,20)(H,14,19). The highest BCUT2D eigenvalue weighted by Gasteiger charge is 2.19. The molecule has 2 N–H and O–H groups in total. The molecule has 2 aromatic rings. The molecule has 2 amide bonds. The fourth-order valence-corrected chi connectivity index (χ4v) is 1.77. The Bertz CT molecular complexity index is 606. The number of carbonyl (C=O) groups excluding carboxylic acids is 2. The molecule has 2 aromatic heterocycles. The largest absolute Gasteiger partial charge is 0.352 e. The fourth-order valence-electron chi connectivity index (χ4n) is 1.77. The summed E-state index contributed by atoms with van der Waals surface area (Å²) in [5.41, 5.74) is 0. The van der Waals surface area contributed by atoms with Crippen molar-refractivity contribution in [3.05, 3.63) is 30.2 Å². The Labute approximate surface area is 120 Å². The second kappa shape index (κ2) is 6.64. The summed E-state index contributed by atoms with van der Waals surface area (Å²) in [6, 6.07) is 1.35. The summed E-state index contributed by atoms with van der Waals surface area (Å²) in [6.07, 6.45) is 3.94. The van der Waals surface area contributed by atoms with Gasteiger partial charge in [-0.2, -0.15) is 10.1 Å². The van der Waals surface area contributed by atoms with Gasteiger partial charge in [0.2, 0.25) is 11.8 Å². The maximum atomic E-state index is 12.1. The number of carbonyl (C=O) groups is 2. The Morgan fingerprint density at radius 1 is 1.48 bits per heavy atom. The minimum atomic E-state index is -0.445.